The number of nitrogens with one attached hydrogen (secondary N) is 1. The molecule has 1 heterocycles. The Labute approximate surface area is 116 Å². The molecule has 1 fully saturated rings. The average molecular weight is 309 g/mol. The maximum atomic E-state index is 13.5. The summed E-state index contributed by atoms with van der Waals surface area (Å²) >= 11 is 0. The highest BCUT2D eigenvalue weighted by atomic mass is 19.4. The lowest BCUT2D eigenvalue weighted by molar-refractivity contribution is -0.143. The minimum Gasteiger partial charge on any atom is -0.481 e. The second kappa shape index (κ2) is 5.59. The van der Waals surface area contributed by atoms with Gasteiger partial charge in [-0.3, -0.25) is 4.79 Å². The molecule has 0 aliphatic carbocycles. The van der Waals surface area contributed by atoms with Gasteiger partial charge < -0.3 is 10.4 Å². The molecule has 2 atom stereocenters. The zero-order chi connectivity index (χ0) is 15.8. The topological polar surface area (TPSA) is 49.3 Å². The van der Waals surface area contributed by atoms with Crippen LogP contribution in [0.15, 0.2) is 12.1 Å². The van der Waals surface area contributed by atoms with E-state index in [9.17, 15) is 26.7 Å². The fraction of sp³-hybridized carbons (Fsp3) is 0.462. The second-order valence-electron chi connectivity index (χ2n) is 4.92. The molecule has 2 N–H and O–H groups in total. The van der Waals surface area contributed by atoms with Crippen LogP contribution in [0.5, 0.6) is 0 Å². The fourth-order valence-electron chi connectivity index (χ4n) is 2.46. The highest BCUT2D eigenvalue weighted by molar-refractivity contribution is 5.70. The lowest BCUT2D eigenvalue weighted by Crippen LogP contribution is -2.35. The van der Waals surface area contributed by atoms with Crippen LogP contribution in [0, 0.1) is 17.6 Å². The number of alkyl halides is 3. The number of hydrogen-bond donors (Lipinski definition) is 2. The minimum atomic E-state index is -5.11. The third kappa shape index (κ3) is 3.31. The average Bonchev–Trinajstić information content (AvgIpc) is 2.36. The van der Waals surface area contributed by atoms with Crippen LogP contribution >= 0.6 is 0 Å². The van der Waals surface area contributed by atoms with E-state index < -0.39 is 41.3 Å². The molecular weight excluding hydrogens is 297 g/mol. The van der Waals surface area contributed by atoms with Crippen LogP contribution in [0.3, 0.4) is 0 Å². The van der Waals surface area contributed by atoms with E-state index in [2.05, 4.69) is 5.32 Å². The number of carbonyl (C=O) groups is 1. The van der Waals surface area contributed by atoms with Crippen molar-refractivity contribution in [3.8, 4) is 0 Å². The first-order valence-corrected chi connectivity index (χ1v) is 6.22. The molecule has 0 radical (unpaired) electrons. The molecule has 0 saturated carbocycles. The smallest absolute Gasteiger partial charge is 0.422 e. The van der Waals surface area contributed by atoms with Gasteiger partial charge in [-0.25, -0.2) is 8.78 Å². The Morgan fingerprint density at radius 3 is 2.29 bits per heavy atom. The number of aliphatic carboxylic acids is 1. The molecule has 21 heavy (non-hydrogen) atoms. The summed E-state index contributed by atoms with van der Waals surface area (Å²) < 4.78 is 64.5. The van der Waals surface area contributed by atoms with Gasteiger partial charge in [-0.2, -0.15) is 13.2 Å². The first kappa shape index (κ1) is 15.7. The number of benzene rings is 1. The van der Waals surface area contributed by atoms with Crippen molar-refractivity contribution in [1.82, 2.24) is 5.32 Å². The Balaban J connectivity index is 2.31. The zero-order valence-corrected chi connectivity index (χ0v) is 10.7. The number of halogens is 5. The van der Waals surface area contributed by atoms with Crippen molar-refractivity contribution in [3.63, 3.8) is 0 Å². The number of carboxylic acids is 1. The second-order valence-corrected chi connectivity index (χ2v) is 4.92. The first-order chi connectivity index (χ1) is 9.70. The van der Waals surface area contributed by atoms with E-state index in [0.717, 1.165) is 0 Å². The predicted molar refractivity (Wildman–Crippen MR) is 62.5 cm³/mol. The van der Waals surface area contributed by atoms with Crippen LogP contribution in [0.2, 0.25) is 0 Å². The highest BCUT2D eigenvalue weighted by Gasteiger charge is 2.38. The number of piperidine rings is 1. The fourth-order valence-corrected chi connectivity index (χ4v) is 2.46. The van der Waals surface area contributed by atoms with Crippen molar-refractivity contribution in [3.05, 3.63) is 34.9 Å². The molecular formula is C13H12F5NO2. The van der Waals surface area contributed by atoms with Gasteiger partial charge in [-0.1, -0.05) is 0 Å². The van der Waals surface area contributed by atoms with Gasteiger partial charge in [0.1, 0.15) is 17.2 Å². The van der Waals surface area contributed by atoms with E-state index in [0.29, 0.717) is 25.1 Å². The Kier molecular flexibility index (Phi) is 4.18. The zero-order valence-electron chi connectivity index (χ0n) is 10.7. The molecule has 1 aromatic rings. The van der Waals surface area contributed by atoms with Crippen molar-refractivity contribution in [1.29, 1.82) is 0 Å². The van der Waals surface area contributed by atoms with E-state index in [1.165, 1.54) is 0 Å². The highest BCUT2D eigenvalue weighted by Crippen LogP contribution is 2.36. The Hall–Kier alpha value is -1.70. The molecule has 0 amide bonds. The molecule has 0 aromatic heterocycles. The van der Waals surface area contributed by atoms with E-state index in [1.807, 2.05) is 0 Å². The SMILES string of the molecule is O=C(O)C1CCNC(c2cc(F)c(C(F)(F)F)c(F)c2)C1. The normalized spacial score (nSPS) is 23.1. The Morgan fingerprint density at radius 2 is 1.81 bits per heavy atom. The number of hydrogen-bond acceptors (Lipinski definition) is 2. The third-order valence-electron chi connectivity index (χ3n) is 3.50. The van der Waals surface area contributed by atoms with Gasteiger partial charge in [0, 0.05) is 6.04 Å². The molecule has 1 aliphatic heterocycles. The van der Waals surface area contributed by atoms with Gasteiger partial charge >= 0.3 is 12.1 Å². The van der Waals surface area contributed by atoms with Gasteiger partial charge in [0.15, 0.2) is 0 Å². The summed E-state index contributed by atoms with van der Waals surface area (Å²) in [5, 5.41) is 11.8. The minimum absolute atomic E-state index is 0.0241. The summed E-state index contributed by atoms with van der Waals surface area (Å²) in [4.78, 5) is 10.9. The maximum absolute atomic E-state index is 13.5. The summed E-state index contributed by atoms with van der Waals surface area (Å²) in [6.45, 7) is 0.311. The molecule has 8 heteroatoms. The molecule has 0 spiro atoms. The molecule has 0 bridgehead atoms. The lowest BCUT2D eigenvalue weighted by atomic mass is 9.88. The van der Waals surface area contributed by atoms with Crippen molar-refractivity contribution in [2.24, 2.45) is 5.92 Å². The van der Waals surface area contributed by atoms with E-state index in [1.54, 1.807) is 0 Å². The summed E-state index contributed by atoms with van der Waals surface area (Å²) in [5.74, 6) is -5.12. The van der Waals surface area contributed by atoms with Gasteiger partial charge in [-0.05, 0) is 37.1 Å². The van der Waals surface area contributed by atoms with Gasteiger partial charge in [0.05, 0.1) is 5.92 Å². The van der Waals surface area contributed by atoms with E-state index in [-0.39, 0.29) is 12.0 Å². The van der Waals surface area contributed by atoms with Crippen molar-refractivity contribution < 1.29 is 31.9 Å². The largest absolute Gasteiger partial charge is 0.481 e. The summed E-state index contributed by atoms with van der Waals surface area (Å²) in [5.41, 5.74) is -1.96. The standard InChI is InChI=1S/C13H12F5NO2/c14-8-3-7(4-9(15)11(8)13(16,17)18)10-5-6(12(20)21)1-2-19-10/h3-4,6,10,19H,1-2,5H2,(H,20,21). The number of carboxylic acid groups (broad SMARTS) is 1. The molecule has 1 saturated heterocycles. The first-order valence-electron chi connectivity index (χ1n) is 6.22. The third-order valence-corrected chi connectivity index (χ3v) is 3.50. The Bertz CT molecular complexity index is 535. The van der Waals surface area contributed by atoms with E-state index in [4.69, 9.17) is 5.11 Å². The van der Waals surface area contributed by atoms with Gasteiger partial charge in [0.2, 0.25) is 0 Å². The summed E-state index contributed by atoms with van der Waals surface area (Å²) in [6, 6.07) is 0.521. The lowest BCUT2D eigenvalue weighted by Gasteiger charge is -2.28. The van der Waals surface area contributed by atoms with Crippen LogP contribution in [0.1, 0.15) is 30.0 Å². The van der Waals surface area contributed by atoms with Crippen LogP contribution in [-0.2, 0) is 11.0 Å². The molecule has 1 aromatic carbocycles. The van der Waals surface area contributed by atoms with Crippen molar-refractivity contribution in [2.75, 3.05) is 6.54 Å². The van der Waals surface area contributed by atoms with Gasteiger partial charge in [-0.15, -0.1) is 0 Å². The maximum Gasteiger partial charge on any atom is 0.422 e. The molecule has 1 aliphatic rings. The van der Waals surface area contributed by atoms with Crippen LogP contribution in [0.25, 0.3) is 0 Å². The van der Waals surface area contributed by atoms with Crippen molar-refractivity contribution in [2.45, 2.75) is 25.1 Å². The van der Waals surface area contributed by atoms with Crippen LogP contribution in [0.4, 0.5) is 22.0 Å². The summed E-state index contributed by atoms with van der Waals surface area (Å²) in [7, 11) is 0. The number of rotatable bonds is 2. The van der Waals surface area contributed by atoms with E-state index >= 15 is 0 Å². The Morgan fingerprint density at radius 1 is 1.24 bits per heavy atom. The van der Waals surface area contributed by atoms with Crippen LogP contribution in [-0.4, -0.2) is 17.6 Å². The van der Waals surface area contributed by atoms with Crippen molar-refractivity contribution >= 4 is 5.97 Å². The quantitative estimate of drug-likeness (QED) is 0.825. The van der Waals surface area contributed by atoms with Gasteiger partial charge in [0.25, 0.3) is 0 Å². The molecule has 116 valence electrons. The predicted octanol–water partition coefficient (Wildman–Crippen LogP) is 3.11. The summed E-state index contributed by atoms with van der Waals surface area (Å²) in [6.07, 6.45) is -4.69. The molecule has 3 nitrogen and oxygen atoms in total. The monoisotopic (exact) mass is 309 g/mol. The molecule has 2 unspecified atom stereocenters. The van der Waals surface area contributed by atoms with Crippen LogP contribution < -0.4 is 5.32 Å². The molecule has 2 rings (SSSR count).